The fourth-order valence-electron chi connectivity index (χ4n) is 4.23. The number of nitrogens with zero attached hydrogens (tertiary/aromatic N) is 3. The van der Waals surface area contributed by atoms with Crippen molar-refractivity contribution in [2.45, 2.75) is 25.5 Å². The van der Waals surface area contributed by atoms with E-state index in [1.165, 1.54) is 7.11 Å². The van der Waals surface area contributed by atoms with Gasteiger partial charge in [0.2, 0.25) is 5.95 Å². The summed E-state index contributed by atoms with van der Waals surface area (Å²) in [6.45, 7) is 1.77. The van der Waals surface area contributed by atoms with Crippen LogP contribution in [0, 0.1) is 0 Å². The summed E-state index contributed by atoms with van der Waals surface area (Å²) in [5.74, 6) is 1.23. The van der Waals surface area contributed by atoms with Crippen LogP contribution >= 0.6 is 0 Å². The molecule has 0 saturated carbocycles. The molecule has 4 aromatic rings. The molecule has 5 rings (SSSR count). The van der Waals surface area contributed by atoms with Gasteiger partial charge < -0.3 is 30.6 Å². The van der Waals surface area contributed by atoms with E-state index in [0.717, 1.165) is 24.0 Å². The van der Waals surface area contributed by atoms with Crippen LogP contribution in [0.3, 0.4) is 0 Å². The molecule has 1 amide bonds. The largest absolute Gasteiger partial charge is 0.496 e. The van der Waals surface area contributed by atoms with Gasteiger partial charge in [0.05, 0.1) is 37.3 Å². The molecule has 0 bridgehead atoms. The Bertz CT molecular complexity index is 1430. The zero-order valence-electron chi connectivity index (χ0n) is 21.6. The second-order valence-corrected chi connectivity index (χ2v) is 9.03. The Labute approximate surface area is 226 Å². The average molecular weight is 527 g/mol. The van der Waals surface area contributed by atoms with Crippen LogP contribution in [0.5, 0.6) is 11.5 Å². The molecule has 2 aromatic carbocycles. The van der Waals surface area contributed by atoms with E-state index in [-0.39, 0.29) is 12.0 Å². The van der Waals surface area contributed by atoms with Crippen molar-refractivity contribution in [3.8, 4) is 22.8 Å². The second kappa shape index (κ2) is 12.2. The molecule has 1 aliphatic rings. The number of amides is 1. The van der Waals surface area contributed by atoms with Crippen molar-refractivity contribution in [1.82, 2.24) is 20.3 Å². The van der Waals surface area contributed by atoms with E-state index >= 15 is 0 Å². The number of nitrogens with one attached hydrogen (secondary N) is 2. The third kappa shape index (κ3) is 6.60. The first-order valence-corrected chi connectivity index (χ1v) is 12.7. The number of ether oxygens (including phenoxy) is 3. The van der Waals surface area contributed by atoms with Gasteiger partial charge >= 0.3 is 0 Å². The summed E-state index contributed by atoms with van der Waals surface area (Å²) in [6, 6.07) is 16.4. The fourth-order valence-corrected chi connectivity index (χ4v) is 4.23. The molecule has 10 heteroatoms. The second-order valence-electron chi connectivity index (χ2n) is 9.03. The Balaban J connectivity index is 1.26. The van der Waals surface area contributed by atoms with Crippen LogP contribution in [0.4, 0.5) is 17.3 Å². The topological polar surface area (TPSA) is 134 Å². The molecule has 2 aromatic heterocycles. The number of carbonyl (C=O) groups excluding carboxylic acids is 1. The monoisotopic (exact) mass is 526 g/mol. The molecule has 1 aliphatic heterocycles. The van der Waals surface area contributed by atoms with E-state index < -0.39 is 0 Å². The van der Waals surface area contributed by atoms with Gasteiger partial charge in [0, 0.05) is 55.3 Å². The van der Waals surface area contributed by atoms with Crippen molar-refractivity contribution in [2.75, 3.05) is 31.4 Å². The summed E-state index contributed by atoms with van der Waals surface area (Å²) in [5, 5.41) is 6.07. The number of methoxy groups -OCH3 is 1. The van der Waals surface area contributed by atoms with Crippen LogP contribution in [0.15, 0.2) is 73.2 Å². The Morgan fingerprint density at radius 2 is 1.95 bits per heavy atom. The molecule has 0 spiro atoms. The standard InChI is InChI=1S/C29H30N6O4/c1-37-27-16-21(5-6-23(27)28(36)33-18-19-3-2-11-31-17-19)34-29-32-12-8-25(35-29)20-4-7-26(24(30)15-20)39-22-9-13-38-14-10-22/h2-8,11-12,15-17,22H,9-10,13-14,18,30H2,1H3,(H,33,36)(H,32,34,35). The van der Waals surface area contributed by atoms with Gasteiger partial charge in [0.15, 0.2) is 0 Å². The van der Waals surface area contributed by atoms with E-state index in [1.807, 2.05) is 36.4 Å². The van der Waals surface area contributed by atoms with E-state index in [4.69, 9.17) is 19.9 Å². The summed E-state index contributed by atoms with van der Waals surface area (Å²) in [6.07, 6.45) is 6.88. The molecule has 0 unspecified atom stereocenters. The van der Waals surface area contributed by atoms with Crippen LogP contribution in [0.25, 0.3) is 11.3 Å². The maximum atomic E-state index is 12.8. The van der Waals surface area contributed by atoms with E-state index in [9.17, 15) is 4.79 Å². The number of anilines is 3. The lowest BCUT2D eigenvalue weighted by molar-refractivity contribution is 0.0259. The molecule has 3 heterocycles. The minimum Gasteiger partial charge on any atom is -0.496 e. The van der Waals surface area contributed by atoms with Gasteiger partial charge in [-0.3, -0.25) is 9.78 Å². The van der Waals surface area contributed by atoms with Gasteiger partial charge in [-0.05, 0) is 48.0 Å². The highest BCUT2D eigenvalue weighted by Crippen LogP contribution is 2.30. The van der Waals surface area contributed by atoms with Crippen LogP contribution in [-0.2, 0) is 11.3 Å². The first kappa shape index (κ1) is 25.9. The molecule has 39 heavy (non-hydrogen) atoms. The maximum absolute atomic E-state index is 12.8. The number of hydrogen-bond acceptors (Lipinski definition) is 9. The number of pyridine rings is 1. The number of nitrogen functional groups attached to an aromatic ring is 1. The number of nitrogens with two attached hydrogens (primary N) is 1. The first-order valence-electron chi connectivity index (χ1n) is 12.7. The normalized spacial score (nSPS) is 13.5. The Morgan fingerprint density at radius 1 is 1.08 bits per heavy atom. The van der Waals surface area contributed by atoms with E-state index in [2.05, 4.69) is 25.6 Å². The number of benzene rings is 2. The predicted octanol–water partition coefficient (Wildman–Crippen LogP) is 4.36. The minimum absolute atomic E-state index is 0.109. The molecule has 200 valence electrons. The van der Waals surface area contributed by atoms with Gasteiger partial charge in [0.1, 0.15) is 17.6 Å². The molecule has 1 fully saturated rings. The van der Waals surface area contributed by atoms with Gasteiger partial charge in [-0.1, -0.05) is 6.07 Å². The highest BCUT2D eigenvalue weighted by atomic mass is 16.5. The van der Waals surface area contributed by atoms with Crippen molar-refractivity contribution >= 4 is 23.2 Å². The third-order valence-corrected chi connectivity index (χ3v) is 6.30. The Kier molecular flexibility index (Phi) is 8.13. The summed E-state index contributed by atoms with van der Waals surface area (Å²) in [4.78, 5) is 25.8. The highest BCUT2D eigenvalue weighted by molar-refractivity contribution is 5.97. The number of hydrogen-bond donors (Lipinski definition) is 3. The zero-order chi connectivity index (χ0) is 27.0. The molecular formula is C29H30N6O4. The third-order valence-electron chi connectivity index (χ3n) is 6.30. The average Bonchev–Trinajstić information content (AvgIpc) is 2.98. The van der Waals surface area contributed by atoms with Crippen LogP contribution in [0.2, 0.25) is 0 Å². The smallest absolute Gasteiger partial charge is 0.255 e. The molecule has 0 atom stereocenters. The minimum atomic E-state index is -0.248. The molecule has 1 saturated heterocycles. The van der Waals surface area contributed by atoms with Crippen LogP contribution in [-0.4, -0.2) is 47.3 Å². The summed E-state index contributed by atoms with van der Waals surface area (Å²) in [7, 11) is 1.52. The molecule has 0 radical (unpaired) electrons. The molecule has 10 nitrogen and oxygen atoms in total. The van der Waals surface area contributed by atoms with Crippen LogP contribution < -0.4 is 25.8 Å². The van der Waals surface area contributed by atoms with Crippen LogP contribution in [0.1, 0.15) is 28.8 Å². The number of aromatic nitrogens is 3. The van der Waals surface area contributed by atoms with Gasteiger partial charge in [0.25, 0.3) is 5.91 Å². The van der Waals surface area contributed by atoms with E-state index in [1.54, 1.807) is 36.8 Å². The Hall–Kier alpha value is -4.70. The molecular weight excluding hydrogens is 496 g/mol. The van der Waals surface area contributed by atoms with Gasteiger partial charge in [-0.2, -0.15) is 0 Å². The van der Waals surface area contributed by atoms with Crippen molar-refractivity contribution < 1.29 is 19.0 Å². The Morgan fingerprint density at radius 3 is 2.72 bits per heavy atom. The first-order chi connectivity index (χ1) is 19.1. The molecule has 0 aliphatic carbocycles. The molecule has 4 N–H and O–H groups in total. The van der Waals surface area contributed by atoms with Crippen molar-refractivity contribution in [2.24, 2.45) is 0 Å². The quantitative estimate of drug-likeness (QED) is 0.272. The van der Waals surface area contributed by atoms with Crippen molar-refractivity contribution in [3.05, 3.63) is 84.3 Å². The van der Waals surface area contributed by atoms with Gasteiger partial charge in [-0.15, -0.1) is 0 Å². The lowest BCUT2D eigenvalue weighted by atomic mass is 10.1. The fraction of sp³-hybridized carbons (Fsp3) is 0.241. The maximum Gasteiger partial charge on any atom is 0.255 e. The summed E-state index contributed by atoms with van der Waals surface area (Å²) < 4.78 is 16.9. The summed E-state index contributed by atoms with van der Waals surface area (Å²) >= 11 is 0. The SMILES string of the molecule is COc1cc(Nc2nccc(-c3ccc(OC4CCOCC4)c(N)c3)n2)ccc1C(=O)NCc1cccnc1. The number of carbonyl (C=O) groups is 1. The van der Waals surface area contributed by atoms with Crippen molar-refractivity contribution in [1.29, 1.82) is 0 Å². The zero-order valence-corrected chi connectivity index (χ0v) is 21.6. The van der Waals surface area contributed by atoms with E-state index in [0.29, 0.717) is 59.8 Å². The predicted molar refractivity (Wildman–Crippen MR) is 148 cm³/mol. The lowest BCUT2D eigenvalue weighted by Gasteiger charge is -2.24. The number of rotatable bonds is 9. The van der Waals surface area contributed by atoms with Gasteiger partial charge in [-0.25, -0.2) is 9.97 Å². The van der Waals surface area contributed by atoms with Crippen molar-refractivity contribution in [3.63, 3.8) is 0 Å². The highest BCUT2D eigenvalue weighted by Gasteiger charge is 2.17. The lowest BCUT2D eigenvalue weighted by Crippen LogP contribution is -2.26. The summed E-state index contributed by atoms with van der Waals surface area (Å²) in [5.41, 5.74) is 10.4.